The van der Waals surface area contributed by atoms with E-state index < -0.39 is 17.9 Å². The van der Waals surface area contributed by atoms with Crippen LogP contribution in [-0.4, -0.2) is 56.9 Å². The summed E-state index contributed by atoms with van der Waals surface area (Å²) in [6.07, 6.45) is 3.37. The van der Waals surface area contributed by atoms with Crippen LogP contribution in [0.3, 0.4) is 0 Å². The summed E-state index contributed by atoms with van der Waals surface area (Å²) >= 11 is 0. The van der Waals surface area contributed by atoms with E-state index in [1.54, 1.807) is 0 Å². The van der Waals surface area contributed by atoms with Crippen LogP contribution in [0.2, 0.25) is 0 Å². The Labute approximate surface area is 453 Å². The molecule has 0 atom stereocenters. The Morgan fingerprint density at radius 2 is 0.732 bits per heavy atom. The third kappa shape index (κ3) is 14.2. The number of carbonyl (C=O) groups excluding carboxylic acids is 3. The van der Waals surface area contributed by atoms with Gasteiger partial charge in [0.05, 0.1) is 52.7 Å². The predicted molar refractivity (Wildman–Crippen MR) is 192 cm³/mol. The van der Waals surface area contributed by atoms with Gasteiger partial charge in [-0.2, -0.15) is 0 Å². The number of imidazole rings is 3. The molecule has 3 aromatic carbocycles. The van der Waals surface area contributed by atoms with E-state index in [2.05, 4.69) is 18.6 Å². The molecule has 0 bridgehead atoms. The average molecular weight is 840 g/mol. The molecule has 17 heteroatoms. The average Bonchev–Trinajstić information content (AvgIpc) is 3.77. The normalized spacial score (nSPS) is 10.9. The first-order valence-electron chi connectivity index (χ1n) is 17.9. The second kappa shape index (κ2) is 25.8. The Morgan fingerprint density at radius 3 is 1.00 bits per heavy atom. The minimum atomic E-state index is -1.06. The summed E-state index contributed by atoms with van der Waals surface area (Å²) in [5.74, 6) is -0.723. The van der Waals surface area contributed by atoms with Gasteiger partial charge in [-0.05, 0) is 94.2 Å². The summed E-state index contributed by atoms with van der Waals surface area (Å²) in [6, 6.07) is 23.7. The van der Waals surface area contributed by atoms with Gasteiger partial charge < -0.3 is 48.9 Å². The maximum Gasteiger partial charge on any atom is 1.00 e. The molecule has 0 aliphatic rings. The van der Waals surface area contributed by atoms with Gasteiger partial charge in [0.15, 0.2) is 0 Å². The monoisotopic (exact) mass is 839 g/mol. The molecule has 14 nitrogen and oxygen atoms in total. The van der Waals surface area contributed by atoms with Crippen molar-refractivity contribution in [3.63, 3.8) is 0 Å². The zero-order valence-corrected chi connectivity index (χ0v) is 42.0. The predicted octanol–water partition coefficient (Wildman–Crippen LogP) is -7.11. The first-order chi connectivity index (χ1) is 25.3. The van der Waals surface area contributed by atoms with Crippen molar-refractivity contribution < 1.29 is 189 Å². The quantitative estimate of drug-likeness (QED) is 0.0495. The van der Waals surface area contributed by atoms with Crippen LogP contribution in [0.4, 0.5) is 0 Å². The van der Waals surface area contributed by atoms with E-state index in [1.165, 1.54) is 0 Å². The van der Waals surface area contributed by atoms with E-state index in [-0.39, 0.29) is 179 Å². The molecule has 6 rings (SSSR count). The number of hydrogen-bond donors (Lipinski definition) is 0. The SMILES string of the molecule is O.O=C([O-])CCCCn1c(CN(Cc2nc3ccccc3n2CCCCC(=O)[O-])Cc2nc3ccccc3n2CCCCC(=O)[O-])nc2ccccc21.[K+].[K+].[K+]. The molecule has 0 amide bonds. The number of carboxylic acid groups (broad SMARTS) is 3. The first kappa shape index (κ1) is 51.4. The largest absolute Gasteiger partial charge is 1.00 e. The van der Waals surface area contributed by atoms with Gasteiger partial charge in [-0.3, -0.25) is 4.90 Å². The molecule has 56 heavy (non-hydrogen) atoms. The number of carboxylic acids is 3. The van der Waals surface area contributed by atoms with Crippen molar-refractivity contribution in [3.05, 3.63) is 90.3 Å². The molecule has 0 saturated carbocycles. The van der Waals surface area contributed by atoms with E-state index in [0.29, 0.717) is 77.8 Å². The van der Waals surface area contributed by atoms with E-state index >= 15 is 0 Å². The third-order valence-corrected chi connectivity index (χ3v) is 9.33. The van der Waals surface area contributed by atoms with Crippen LogP contribution in [-0.2, 0) is 53.7 Å². The molecule has 280 valence electrons. The number of nitrogens with zero attached hydrogens (tertiary/aromatic N) is 7. The van der Waals surface area contributed by atoms with Crippen molar-refractivity contribution in [2.75, 3.05) is 0 Å². The number of aryl methyl sites for hydroxylation is 3. The minimum absolute atomic E-state index is 0. The van der Waals surface area contributed by atoms with Gasteiger partial charge in [-0.15, -0.1) is 0 Å². The molecule has 0 unspecified atom stereocenters. The smallest absolute Gasteiger partial charge is 0.550 e. The van der Waals surface area contributed by atoms with E-state index in [4.69, 9.17) is 15.0 Å². The Kier molecular flexibility index (Phi) is 23.7. The van der Waals surface area contributed by atoms with Crippen LogP contribution in [0.1, 0.15) is 75.3 Å². The second-order valence-corrected chi connectivity index (χ2v) is 13.1. The number of unbranched alkanes of at least 4 members (excludes halogenated alkanes) is 3. The molecule has 3 heterocycles. The number of aromatic nitrogens is 6. The summed E-state index contributed by atoms with van der Waals surface area (Å²) in [7, 11) is 0. The van der Waals surface area contributed by atoms with Crippen molar-refractivity contribution >= 4 is 51.0 Å². The molecule has 0 spiro atoms. The van der Waals surface area contributed by atoms with Crippen molar-refractivity contribution in [2.24, 2.45) is 0 Å². The second-order valence-electron chi connectivity index (χ2n) is 13.1. The summed E-state index contributed by atoms with van der Waals surface area (Å²) < 4.78 is 6.47. The first-order valence-corrected chi connectivity index (χ1v) is 17.9. The fourth-order valence-corrected chi connectivity index (χ4v) is 6.87. The van der Waals surface area contributed by atoms with E-state index in [1.807, 2.05) is 72.8 Å². The van der Waals surface area contributed by atoms with E-state index in [9.17, 15) is 29.7 Å². The topological polar surface area (TPSA) is 209 Å². The fourth-order valence-electron chi connectivity index (χ4n) is 6.87. The van der Waals surface area contributed by atoms with Gasteiger partial charge >= 0.3 is 154 Å². The number of fused-ring (bicyclic) bond motifs is 3. The summed E-state index contributed by atoms with van der Waals surface area (Å²) in [5, 5.41) is 33.4. The number of carbonyl (C=O) groups is 3. The Hall–Kier alpha value is -0.691. The van der Waals surface area contributed by atoms with Crippen molar-refractivity contribution in [1.82, 2.24) is 33.6 Å². The van der Waals surface area contributed by atoms with Crippen LogP contribution in [0.15, 0.2) is 72.8 Å². The van der Waals surface area contributed by atoms with Crippen molar-refractivity contribution in [1.29, 1.82) is 0 Å². The molecule has 6 aromatic rings. The van der Waals surface area contributed by atoms with Crippen molar-refractivity contribution in [3.8, 4) is 0 Å². The Morgan fingerprint density at radius 1 is 0.464 bits per heavy atom. The zero-order chi connectivity index (χ0) is 36.5. The van der Waals surface area contributed by atoms with Crippen LogP contribution >= 0.6 is 0 Å². The molecular weight excluding hydrogens is 796 g/mol. The van der Waals surface area contributed by atoms with Gasteiger partial charge in [0.1, 0.15) is 17.5 Å². The van der Waals surface area contributed by atoms with Gasteiger partial charge in [-0.1, -0.05) is 36.4 Å². The molecule has 0 fully saturated rings. The number of rotatable bonds is 21. The van der Waals surface area contributed by atoms with Crippen LogP contribution < -0.4 is 169 Å². The summed E-state index contributed by atoms with van der Waals surface area (Å²) in [5.41, 5.74) is 5.43. The fraction of sp³-hybridized carbons (Fsp3) is 0.385. The van der Waals surface area contributed by atoms with E-state index in [0.717, 1.165) is 50.6 Å². The maximum absolute atomic E-state index is 11.1. The van der Waals surface area contributed by atoms with Crippen LogP contribution in [0.25, 0.3) is 33.1 Å². The third-order valence-electron chi connectivity index (χ3n) is 9.33. The number of aliphatic carboxylic acids is 3. The van der Waals surface area contributed by atoms with Gasteiger partial charge in [0, 0.05) is 37.5 Å². The molecule has 0 radical (unpaired) electrons. The zero-order valence-electron chi connectivity index (χ0n) is 32.6. The summed E-state index contributed by atoms with van der Waals surface area (Å²) in [4.78, 5) is 50.8. The van der Waals surface area contributed by atoms with Crippen LogP contribution in [0.5, 0.6) is 0 Å². The summed E-state index contributed by atoms with van der Waals surface area (Å²) in [6.45, 7) is 3.05. The van der Waals surface area contributed by atoms with Gasteiger partial charge in [0.25, 0.3) is 0 Å². The molecule has 0 aliphatic heterocycles. The number of hydrogen-bond acceptors (Lipinski definition) is 10. The number of benzene rings is 3. The Balaban J connectivity index is 0.00000271. The standard InChI is InChI=1S/C39H45N7O6.3K.H2O/c47-37(48)19-7-10-22-44-31-16-4-1-13-28(31)40-34(44)25-43(26-35-41-29-14-2-5-17-32(29)45(35)23-11-8-20-38(49)50)27-36-42-30-15-3-6-18-33(30)46(36)24-12-9-21-39(51)52;;;;/h1-6,13-18H,7-12,19-27H2,(H,47,48)(H,49,50)(H,51,52);;;;1H2/q;3*+1;/p-3. The van der Waals surface area contributed by atoms with Crippen molar-refractivity contribution in [2.45, 2.75) is 97.1 Å². The molecular formula is C39H44K3N7O7. The minimum Gasteiger partial charge on any atom is -0.550 e. The molecule has 2 N–H and O–H groups in total. The maximum atomic E-state index is 11.1. The van der Waals surface area contributed by atoms with Gasteiger partial charge in [0.2, 0.25) is 0 Å². The van der Waals surface area contributed by atoms with Gasteiger partial charge in [-0.25, -0.2) is 15.0 Å². The number of para-hydroxylation sites is 6. The van der Waals surface area contributed by atoms with Crippen LogP contribution in [0, 0.1) is 0 Å². The Bertz CT molecular complexity index is 1940. The molecule has 0 saturated heterocycles. The molecule has 3 aromatic heterocycles. The molecule has 0 aliphatic carbocycles.